The van der Waals surface area contributed by atoms with Gasteiger partial charge in [0.2, 0.25) is 0 Å². The van der Waals surface area contributed by atoms with E-state index in [-0.39, 0.29) is 13.0 Å². The molecule has 0 atom stereocenters. The largest absolute Gasteiger partial charge is 0.336 e. The predicted molar refractivity (Wildman–Crippen MR) is 129 cm³/mol. The number of fused-ring (bicyclic) bond motifs is 2. The number of aryl methyl sites for hydroxylation is 3. The fourth-order valence-corrected chi connectivity index (χ4v) is 5.23. The van der Waals surface area contributed by atoms with Gasteiger partial charge in [0.25, 0.3) is 5.56 Å². The lowest BCUT2D eigenvalue weighted by molar-refractivity contribution is 0.662. The molecular weight excluding hydrogens is 450 g/mol. The summed E-state index contributed by atoms with van der Waals surface area (Å²) >= 11 is 1.22. The van der Waals surface area contributed by atoms with Crippen molar-refractivity contribution in [3.63, 3.8) is 0 Å². The molecule has 0 spiro atoms. The molecule has 0 aliphatic carbocycles. The molecule has 0 aliphatic heterocycles. The third-order valence-electron chi connectivity index (χ3n) is 5.69. The number of benzene rings is 1. The summed E-state index contributed by atoms with van der Waals surface area (Å²) in [7, 11) is 1.73. The smallest absolute Gasteiger partial charge is 0.291 e. The fraction of sp³-hybridized carbons (Fsp3) is 0.167. The van der Waals surface area contributed by atoms with Crippen molar-refractivity contribution in [2.75, 3.05) is 0 Å². The summed E-state index contributed by atoms with van der Waals surface area (Å²) in [5.41, 5.74) is 2.47. The summed E-state index contributed by atoms with van der Waals surface area (Å²) in [5.74, 6) is 0. The molecule has 0 radical (unpaired) electrons. The van der Waals surface area contributed by atoms with Crippen molar-refractivity contribution in [2.45, 2.75) is 19.9 Å². The Kier molecular flexibility index (Phi) is 5.08. The number of nitrogens with zero attached hydrogens (tertiary/aromatic N) is 7. The van der Waals surface area contributed by atoms with E-state index in [2.05, 4.69) is 22.2 Å². The van der Waals surface area contributed by atoms with Crippen LogP contribution in [0.3, 0.4) is 0 Å². The van der Waals surface area contributed by atoms with Crippen molar-refractivity contribution >= 4 is 32.5 Å². The average molecular weight is 468 g/mol. The van der Waals surface area contributed by atoms with E-state index in [1.54, 1.807) is 36.3 Å². The van der Waals surface area contributed by atoms with Crippen LogP contribution in [0.15, 0.2) is 52.4 Å². The van der Waals surface area contributed by atoms with E-state index >= 15 is 0 Å². The summed E-state index contributed by atoms with van der Waals surface area (Å²) in [6.45, 7) is 2.05. The van der Waals surface area contributed by atoms with Crippen molar-refractivity contribution in [3.8, 4) is 28.3 Å². The Morgan fingerprint density at radius 3 is 2.71 bits per heavy atom. The molecule has 4 heterocycles. The third kappa shape index (κ3) is 3.20. The Bertz CT molecular complexity index is 1810. The molecule has 5 aromatic rings. The molecule has 0 N–H and O–H groups in total. The number of thiophene rings is 1. The van der Waals surface area contributed by atoms with E-state index in [9.17, 15) is 20.1 Å². The van der Waals surface area contributed by atoms with Crippen LogP contribution >= 0.6 is 11.3 Å². The van der Waals surface area contributed by atoms with Gasteiger partial charge in [0.05, 0.1) is 53.2 Å². The second-order valence-corrected chi connectivity index (χ2v) is 8.89. The van der Waals surface area contributed by atoms with Crippen LogP contribution in [-0.4, -0.2) is 23.9 Å². The zero-order valence-corrected chi connectivity index (χ0v) is 19.1. The number of nitriles is 2. The first-order valence-electron chi connectivity index (χ1n) is 10.4. The predicted octanol–water partition coefficient (Wildman–Crippen LogP) is 3.26. The third-order valence-corrected chi connectivity index (χ3v) is 6.84. The number of aromatic nitrogens is 5. The Balaban J connectivity index is 1.88. The lowest BCUT2D eigenvalue weighted by atomic mass is 10.0. The van der Waals surface area contributed by atoms with Gasteiger partial charge in [-0.1, -0.05) is 11.6 Å². The number of rotatable bonds is 4. The van der Waals surface area contributed by atoms with Crippen molar-refractivity contribution in [2.24, 2.45) is 7.05 Å². The Hall–Kier alpha value is -4.54. The molecule has 0 amide bonds. The van der Waals surface area contributed by atoms with Crippen molar-refractivity contribution in [3.05, 3.63) is 74.8 Å². The molecule has 0 saturated heterocycles. The van der Waals surface area contributed by atoms with Crippen LogP contribution in [-0.2, 0) is 13.6 Å². The zero-order valence-electron chi connectivity index (χ0n) is 18.3. The van der Waals surface area contributed by atoms with Crippen LogP contribution in [0.4, 0.5) is 0 Å². The number of hydrogen-bond donors (Lipinski definition) is 0. The minimum atomic E-state index is -0.558. The first-order chi connectivity index (χ1) is 16.4. The highest BCUT2D eigenvalue weighted by atomic mass is 32.1. The van der Waals surface area contributed by atoms with Crippen molar-refractivity contribution in [1.29, 1.82) is 10.5 Å². The number of hydrogen-bond acceptors (Lipinski definition) is 7. The summed E-state index contributed by atoms with van der Waals surface area (Å²) < 4.78 is 4.49. The molecule has 34 heavy (non-hydrogen) atoms. The summed E-state index contributed by atoms with van der Waals surface area (Å²) in [6.07, 6.45) is 4.80. The van der Waals surface area contributed by atoms with Gasteiger partial charge in [-0.2, -0.15) is 15.6 Å². The van der Waals surface area contributed by atoms with E-state index in [1.807, 2.05) is 19.1 Å². The van der Waals surface area contributed by atoms with E-state index < -0.39 is 11.2 Å². The minimum Gasteiger partial charge on any atom is -0.291 e. The molecule has 0 bridgehead atoms. The molecule has 0 fully saturated rings. The van der Waals surface area contributed by atoms with Gasteiger partial charge in [0.15, 0.2) is 0 Å². The van der Waals surface area contributed by atoms with Gasteiger partial charge in [-0.05, 0) is 25.1 Å². The summed E-state index contributed by atoms with van der Waals surface area (Å²) in [5, 5.41) is 23.7. The van der Waals surface area contributed by atoms with Crippen LogP contribution in [0.1, 0.15) is 17.5 Å². The quantitative estimate of drug-likeness (QED) is 0.400. The van der Waals surface area contributed by atoms with Crippen LogP contribution in [0.5, 0.6) is 0 Å². The lowest BCUT2D eigenvalue weighted by Gasteiger charge is -2.12. The van der Waals surface area contributed by atoms with Gasteiger partial charge in [0, 0.05) is 35.6 Å². The van der Waals surface area contributed by atoms with Crippen LogP contribution in [0.25, 0.3) is 37.2 Å². The minimum absolute atomic E-state index is 0.0977. The van der Waals surface area contributed by atoms with Gasteiger partial charge in [-0.3, -0.25) is 19.0 Å². The molecular formula is C24H17N7O2S. The Morgan fingerprint density at radius 2 is 1.94 bits per heavy atom. The molecule has 0 unspecified atom stereocenters. The van der Waals surface area contributed by atoms with Crippen LogP contribution in [0, 0.1) is 29.6 Å². The maximum absolute atomic E-state index is 13.7. The van der Waals surface area contributed by atoms with Crippen LogP contribution < -0.4 is 11.2 Å². The summed E-state index contributed by atoms with van der Waals surface area (Å²) in [6, 6.07) is 11.5. The van der Waals surface area contributed by atoms with Crippen molar-refractivity contribution in [1.82, 2.24) is 23.9 Å². The Labute approximate surface area is 197 Å². The van der Waals surface area contributed by atoms with Crippen molar-refractivity contribution < 1.29 is 0 Å². The van der Waals surface area contributed by atoms with E-state index in [0.717, 1.165) is 10.1 Å². The highest BCUT2D eigenvalue weighted by Crippen LogP contribution is 2.34. The monoisotopic (exact) mass is 467 g/mol. The summed E-state index contributed by atoms with van der Waals surface area (Å²) in [4.78, 5) is 32.2. The van der Waals surface area contributed by atoms with Gasteiger partial charge >= 0.3 is 5.69 Å². The Morgan fingerprint density at radius 1 is 1.12 bits per heavy atom. The van der Waals surface area contributed by atoms with Gasteiger partial charge in [-0.15, -0.1) is 11.3 Å². The zero-order chi connectivity index (χ0) is 24.0. The van der Waals surface area contributed by atoms with Gasteiger partial charge < -0.3 is 0 Å². The second-order valence-electron chi connectivity index (χ2n) is 7.83. The first-order valence-corrected chi connectivity index (χ1v) is 11.2. The van der Waals surface area contributed by atoms with Gasteiger partial charge in [0.1, 0.15) is 4.70 Å². The van der Waals surface area contributed by atoms with E-state index in [1.165, 1.54) is 22.1 Å². The fourth-order valence-electron chi connectivity index (χ4n) is 4.11. The molecule has 5 rings (SSSR count). The van der Waals surface area contributed by atoms with E-state index in [0.29, 0.717) is 42.8 Å². The molecule has 10 heteroatoms. The maximum atomic E-state index is 13.7. The second kappa shape index (κ2) is 8.10. The molecule has 0 saturated carbocycles. The first kappa shape index (κ1) is 21.3. The van der Waals surface area contributed by atoms with Crippen LogP contribution in [0.2, 0.25) is 0 Å². The highest BCUT2D eigenvalue weighted by molar-refractivity contribution is 7.22. The van der Waals surface area contributed by atoms with Gasteiger partial charge in [-0.25, -0.2) is 9.36 Å². The standard InChI is InChI=1S/C24H17N7O2S/c1-14-4-5-15(10-26)17(8-14)20-9-18-22(34-20)23(32)31(24(33)30(18)7-3-6-25)19-13-27-11-16-12-28-29(2)21(16)19/h4-5,8-9,11-13H,3,7H2,1-2H3. The molecule has 166 valence electrons. The molecule has 1 aromatic carbocycles. The SMILES string of the molecule is Cc1ccc(C#N)c(-c2cc3c(s2)c(=O)n(-c2cncc4cnn(C)c24)c(=O)n3CCC#N)c1. The maximum Gasteiger partial charge on any atom is 0.336 e. The molecule has 4 aromatic heterocycles. The normalized spacial score (nSPS) is 11.1. The average Bonchev–Trinajstić information content (AvgIpc) is 3.44. The number of pyridine rings is 1. The highest BCUT2D eigenvalue weighted by Gasteiger charge is 2.21. The van der Waals surface area contributed by atoms with E-state index in [4.69, 9.17) is 0 Å². The lowest BCUT2D eigenvalue weighted by Crippen LogP contribution is -2.38. The molecule has 0 aliphatic rings. The molecule has 9 nitrogen and oxygen atoms in total. The topological polar surface area (TPSA) is 122 Å².